The van der Waals surface area contributed by atoms with Crippen LogP contribution in [0.15, 0.2) is 70.7 Å². The average Bonchev–Trinajstić information content (AvgIpc) is 2.84. The molecule has 0 spiro atoms. The molecule has 0 saturated heterocycles. The van der Waals surface area contributed by atoms with E-state index in [1.54, 1.807) is 30.5 Å². The summed E-state index contributed by atoms with van der Waals surface area (Å²) < 4.78 is 30.9. The van der Waals surface area contributed by atoms with Crippen LogP contribution in [-0.2, 0) is 15.5 Å². The van der Waals surface area contributed by atoms with E-state index in [9.17, 15) is 8.42 Å². The normalized spacial score (nSPS) is 15.0. The minimum atomic E-state index is -4.17. The van der Waals surface area contributed by atoms with E-state index in [0.717, 1.165) is 5.69 Å². The molecule has 0 amide bonds. The standard InChI is InChI=1S/C11H13N.C9H7NO3S/c1-8-11(2,3)9-6-4-5-7-10(9)12-8;11-14(12,13)9-5-1-4-8-7(9)3-2-6-10-8/h4-7H,1-3H3;1-6H,(H,11,12,13). The first-order chi connectivity index (χ1) is 12.2. The lowest BCUT2D eigenvalue weighted by Gasteiger charge is -2.19. The lowest BCUT2D eigenvalue weighted by atomic mass is 9.82. The Morgan fingerprint density at radius 3 is 2.38 bits per heavy atom. The SMILES string of the molecule is CC1=Nc2ccccc2C1(C)C.O=S(=O)(O)c1cccc2ncccc12. The smallest absolute Gasteiger partial charge is 0.282 e. The van der Waals surface area contributed by atoms with Crippen LogP contribution in [-0.4, -0.2) is 23.7 Å². The highest BCUT2D eigenvalue weighted by Crippen LogP contribution is 2.39. The van der Waals surface area contributed by atoms with Crippen LogP contribution < -0.4 is 0 Å². The van der Waals surface area contributed by atoms with Crippen molar-refractivity contribution in [2.45, 2.75) is 31.1 Å². The highest BCUT2D eigenvalue weighted by atomic mass is 32.2. The molecule has 0 saturated carbocycles. The molecule has 1 N–H and O–H groups in total. The van der Waals surface area contributed by atoms with Crippen LogP contribution in [0.25, 0.3) is 10.9 Å². The number of hydrogen-bond donors (Lipinski definition) is 1. The fourth-order valence-electron chi connectivity index (χ4n) is 2.92. The topological polar surface area (TPSA) is 79.6 Å². The summed E-state index contributed by atoms with van der Waals surface area (Å²) >= 11 is 0. The van der Waals surface area contributed by atoms with E-state index in [1.807, 2.05) is 6.07 Å². The van der Waals surface area contributed by atoms with Crippen molar-refractivity contribution in [1.29, 1.82) is 0 Å². The minimum Gasteiger partial charge on any atom is -0.282 e. The number of rotatable bonds is 1. The van der Waals surface area contributed by atoms with Gasteiger partial charge >= 0.3 is 0 Å². The van der Waals surface area contributed by atoms with Gasteiger partial charge in [-0.2, -0.15) is 8.42 Å². The van der Waals surface area contributed by atoms with Crippen LogP contribution in [0.3, 0.4) is 0 Å². The monoisotopic (exact) mass is 368 g/mol. The van der Waals surface area contributed by atoms with Gasteiger partial charge in [0, 0.05) is 22.7 Å². The molecule has 1 aliphatic rings. The first-order valence-electron chi connectivity index (χ1n) is 8.18. The number of para-hydroxylation sites is 1. The van der Waals surface area contributed by atoms with E-state index in [0.29, 0.717) is 10.9 Å². The second kappa shape index (κ2) is 6.63. The maximum atomic E-state index is 11.0. The first-order valence-corrected chi connectivity index (χ1v) is 9.62. The fraction of sp³-hybridized carbons (Fsp3) is 0.200. The lowest BCUT2D eigenvalue weighted by molar-refractivity contribution is 0.484. The van der Waals surface area contributed by atoms with Gasteiger partial charge in [0.1, 0.15) is 4.90 Å². The van der Waals surface area contributed by atoms with E-state index in [-0.39, 0.29) is 10.3 Å². The van der Waals surface area contributed by atoms with Gasteiger partial charge < -0.3 is 0 Å². The maximum Gasteiger partial charge on any atom is 0.295 e. The van der Waals surface area contributed by atoms with Crippen LogP contribution in [0.2, 0.25) is 0 Å². The third-order valence-electron chi connectivity index (χ3n) is 4.65. The van der Waals surface area contributed by atoms with Gasteiger partial charge in [-0.05, 0) is 42.8 Å². The summed E-state index contributed by atoms with van der Waals surface area (Å²) in [5.41, 5.74) is 4.38. The van der Waals surface area contributed by atoms with Gasteiger partial charge in [-0.3, -0.25) is 14.5 Å². The minimum absolute atomic E-state index is 0.108. The summed E-state index contributed by atoms with van der Waals surface area (Å²) in [4.78, 5) is 8.39. The van der Waals surface area contributed by atoms with Gasteiger partial charge in [0.2, 0.25) is 0 Å². The van der Waals surface area contributed by atoms with Gasteiger partial charge in [0.05, 0.1) is 11.2 Å². The van der Waals surface area contributed by atoms with Crippen molar-refractivity contribution in [3.8, 4) is 0 Å². The molecule has 5 nitrogen and oxygen atoms in total. The summed E-state index contributed by atoms with van der Waals surface area (Å²) in [7, 11) is -4.17. The van der Waals surface area contributed by atoms with Crippen molar-refractivity contribution in [1.82, 2.24) is 4.98 Å². The van der Waals surface area contributed by atoms with Crippen molar-refractivity contribution < 1.29 is 13.0 Å². The molecule has 0 bridgehead atoms. The number of aromatic nitrogens is 1. The Hall–Kier alpha value is -2.57. The molecule has 0 atom stereocenters. The van der Waals surface area contributed by atoms with E-state index in [4.69, 9.17) is 4.55 Å². The molecule has 134 valence electrons. The third kappa shape index (κ3) is 3.38. The van der Waals surface area contributed by atoms with E-state index < -0.39 is 10.1 Å². The van der Waals surface area contributed by atoms with Gasteiger partial charge in [0.15, 0.2) is 0 Å². The van der Waals surface area contributed by atoms with Crippen molar-refractivity contribution in [3.63, 3.8) is 0 Å². The van der Waals surface area contributed by atoms with Crippen molar-refractivity contribution in [2.24, 2.45) is 4.99 Å². The average molecular weight is 368 g/mol. The van der Waals surface area contributed by atoms with Crippen molar-refractivity contribution >= 4 is 32.4 Å². The maximum absolute atomic E-state index is 11.0. The Kier molecular flexibility index (Phi) is 4.64. The molecule has 4 rings (SSSR count). The summed E-state index contributed by atoms with van der Waals surface area (Å²) in [6.07, 6.45) is 1.57. The summed E-state index contributed by atoms with van der Waals surface area (Å²) in [6, 6.07) is 16.2. The van der Waals surface area contributed by atoms with Crippen LogP contribution in [0.1, 0.15) is 26.3 Å². The van der Waals surface area contributed by atoms with Gasteiger partial charge in [0.25, 0.3) is 10.1 Å². The highest BCUT2D eigenvalue weighted by Gasteiger charge is 2.31. The van der Waals surface area contributed by atoms with Gasteiger partial charge in [-0.25, -0.2) is 0 Å². The summed E-state index contributed by atoms with van der Waals surface area (Å²) in [5.74, 6) is 0. The Morgan fingerprint density at radius 1 is 0.962 bits per heavy atom. The molecule has 0 fully saturated rings. The number of fused-ring (bicyclic) bond motifs is 2. The molecule has 0 radical (unpaired) electrons. The molecule has 1 aromatic heterocycles. The van der Waals surface area contributed by atoms with E-state index in [1.165, 1.54) is 17.3 Å². The largest absolute Gasteiger partial charge is 0.295 e. The van der Waals surface area contributed by atoms with Crippen molar-refractivity contribution in [2.75, 3.05) is 0 Å². The molecular formula is C20H20N2O3S. The zero-order valence-corrected chi connectivity index (χ0v) is 15.7. The molecule has 1 aliphatic heterocycles. The van der Waals surface area contributed by atoms with Crippen LogP contribution in [0.4, 0.5) is 5.69 Å². The number of benzene rings is 2. The molecule has 2 aromatic carbocycles. The fourth-order valence-corrected chi connectivity index (χ4v) is 3.62. The Labute approximate surface area is 153 Å². The molecule has 3 aromatic rings. The number of aliphatic imine (C=N–C) groups is 1. The van der Waals surface area contributed by atoms with E-state index in [2.05, 4.69) is 48.9 Å². The number of pyridine rings is 1. The highest BCUT2D eigenvalue weighted by molar-refractivity contribution is 7.86. The van der Waals surface area contributed by atoms with Gasteiger partial charge in [-0.1, -0.05) is 38.1 Å². The molecular weight excluding hydrogens is 348 g/mol. The Bertz CT molecular complexity index is 1100. The first kappa shape index (κ1) is 18.2. The second-order valence-electron chi connectivity index (χ2n) is 6.64. The van der Waals surface area contributed by atoms with E-state index >= 15 is 0 Å². The third-order valence-corrected chi connectivity index (χ3v) is 5.57. The van der Waals surface area contributed by atoms with Crippen LogP contribution >= 0.6 is 0 Å². The molecule has 0 aliphatic carbocycles. The zero-order valence-electron chi connectivity index (χ0n) is 14.8. The summed E-state index contributed by atoms with van der Waals surface area (Å²) in [6.45, 7) is 6.54. The number of nitrogens with zero attached hydrogens (tertiary/aromatic N) is 2. The Balaban J connectivity index is 0.000000152. The van der Waals surface area contributed by atoms with Crippen molar-refractivity contribution in [3.05, 3.63) is 66.4 Å². The van der Waals surface area contributed by atoms with Gasteiger partial charge in [-0.15, -0.1) is 0 Å². The predicted octanol–water partition coefficient (Wildman–Crippen LogP) is 4.55. The van der Waals surface area contributed by atoms with Crippen LogP contribution in [0, 0.1) is 0 Å². The molecule has 0 unspecified atom stereocenters. The summed E-state index contributed by atoms with van der Waals surface area (Å²) in [5, 5.41) is 0.428. The lowest BCUT2D eigenvalue weighted by Crippen LogP contribution is -2.22. The van der Waals surface area contributed by atoms with Crippen LogP contribution in [0.5, 0.6) is 0 Å². The Morgan fingerprint density at radius 2 is 1.69 bits per heavy atom. The quantitative estimate of drug-likeness (QED) is 0.639. The number of hydrogen-bond acceptors (Lipinski definition) is 4. The predicted molar refractivity (Wildman–Crippen MR) is 104 cm³/mol. The molecule has 26 heavy (non-hydrogen) atoms. The zero-order chi connectivity index (χ0) is 18.9. The molecule has 2 heterocycles. The second-order valence-corrected chi connectivity index (χ2v) is 8.03. The molecule has 6 heteroatoms.